The van der Waals surface area contributed by atoms with E-state index >= 15 is 0 Å². The molecule has 4 unspecified atom stereocenters. The lowest BCUT2D eigenvalue weighted by Crippen LogP contribution is -2.21. The molecular weight excluding hydrogens is 412 g/mol. The molecule has 0 aromatic rings. The number of carbonyl (C=O) groups excluding carboxylic acids is 1. The van der Waals surface area contributed by atoms with Crippen molar-refractivity contribution in [1.29, 1.82) is 0 Å². The average molecular weight is 453 g/mol. The standard InChI is InChI=1S/C25H40O7/c1-2-21(27)13-7-3-4-8-14-22(28)15-9-5-10-16-23(29)17-11-6-12-18-25(31)32-20-24(30)19-26/h3-5,7-10,13-14,16,21-24,26-30H,2,6,11-12,15,17-20H2,1H3. The average Bonchev–Trinajstić information content (AvgIpc) is 2.78. The van der Waals surface area contributed by atoms with E-state index in [9.17, 15) is 20.1 Å². The molecule has 0 heterocycles. The molecule has 5 N–H and O–H groups in total. The lowest BCUT2D eigenvalue weighted by Gasteiger charge is -2.08. The van der Waals surface area contributed by atoms with E-state index in [4.69, 9.17) is 14.9 Å². The van der Waals surface area contributed by atoms with Gasteiger partial charge < -0.3 is 30.3 Å². The summed E-state index contributed by atoms with van der Waals surface area (Å²) in [4.78, 5) is 11.4. The molecule has 0 aliphatic rings. The van der Waals surface area contributed by atoms with E-state index in [0.29, 0.717) is 25.7 Å². The first kappa shape index (κ1) is 30.0. The zero-order chi connectivity index (χ0) is 24.0. The van der Waals surface area contributed by atoms with Crippen LogP contribution >= 0.6 is 0 Å². The van der Waals surface area contributed by atoms with Gasteiger partial charge in [0.15, 0.2) is 0 Å². The molecule has 182 valence electrons. The van der Waals surface area contributed by atoms with E-state index in [1.54, 1.807) is 54.7 Å². The molecule has 32 heavy (non-hydrogen) atoms. The normalized spacial score (nSPS) is 16.6. The quantitative estimate of drug-likeness (QED) is 0.123. The van der Waals surface area contributed by atoms with Gasteiger partial charge in [0.25, 0.3) is 0 Å². The summed E-state index contributed by atoms with van der Waals surface area (Å²) in [5, 5.41) is 46.9. The SMILES string of the molecule is CCC(O)C=CC=CC=CC(O)CC=CC=CC(O)CCCCCC(=O)OCC(O)CO. The molecule has 0 radical (unpaired) electrons. The van der Waals surface area contributed by atoms with Crippen molar-refractivity contribution in [2.75, 3.05) is 13.2 Å². The highest BCUT2D eigenvalue weighted by atomic mass is 16.5. The summed E-state index contributed by atoms with van der Waals surface area (Å²) in [5.41, 5.74) is 0. The number of carbonyl (C=O) groups is 1. The van der Waals surface area contributed by atoms with Crippen LogP contribution in [0.25, 0.3) is 0 Å². The van der Waals surface area contributed by atoms with Gasteiger partial charge in [-0.25, -0.2) is 0 Å². The first-order chi connectivity index (χ1) is 15.4. The third-order valence-electron chi connectivity index (χ3n) is 4.40. The Balaban J connectivity index is 3.85. The molecule has 0 bridgehead atoms. The van der Waals surface area contributed by atoms with Gasteiger partial charge in [0, 0.05) is 6.42 Å². The van der Waals surface area contributed by atoms with Crippen molar-refractivity contribution < 1.29 is 35.1 Å². The molecule has 0 aromatic heterocycles. The van der Waals surface area contributed by atoms with Gasteiger partial charge in [-0.1, -0.05) is 80.5 Å². The lowest BCUT2D eigenvalue weighted by molar-refractivity contribution is -0.147. The van der Waals surface area contributed by atoms with E-state index in [1.807, 2.05) is 13.0 Å². The molecule has 0 saturated heterocycles. The minimum atomic E-state index is -1.04. The predicted octanol–water partition coefficient (Wildman–Crippen LogP) is 2.50. The van der Waals surface area contributed by atoms with E-state index in [1.165, 1.54) is 0 Å². The fourth-order valence-electron chi connectivity index (χ4n) is 2.43. The van der Waals surface area contributed by atoms with Crippen LogP contribution in [0.15, 0.2) is 60.8 Å². The van der Waals surface area contributed by atoms with Crippen LogP contribution in [0.1, 0.15) is 51.9 Å². The van der Waals surface area contributed by atoms with E-state index in [0.717, 1.165) is 12.8 Å². The van der Waals surface area contributed by atoms with Gasteiger partial charge in [0.2, 0.25) is 0 Å². The van der Waals surface area contributed by atoms with Gasteiger partial charge >= 0.3 is 5.97 Å². The van der Waals surface area contributed by atoms with Crippen LogP contribution < -0.4 is 0 Å². The smallest absolute Gasteiger partial charge is 0.305 e. The Bertz CT molecular complexity index is 607. The Kier molecular flexibility index (Phi) is 19.5. The number of ether oxygens (including phenoxy) is 1. The van der Waals surface area contributed by atoms with Gasteiger partial charge in [0.1, 0.15) is 12.7 Å². The van der Waals surface area contributed by atoms with Gasteiger partial charge in [0.05, 0.1) is 24.9 Å². The number of aliphatic hydroxyl groups excluding tert-OH is 5. The Morgan fingerprint density at radius 1 is 0.812 bits per heavy atom. The van der Waals surface area contributed by atoms with Gasteiger partial charge in [-0.05, 0) is 25.7 Å². The number of hydrogen-bond acceptors (Lipinski definition) is 7. The van der Waals surface area contributed by atoms with Crippen molar-refractivity contribution >= 4 is 5.97 Å². The Morgan fingerprint density at radius 3 is 2.09 bits per heavy atom. The van der Waals surface area contributed by atoms with E-state index in [-0.39, 0.29) is 13.0 Å². The van der Waals surface area contributed by atoms with Gasteiger partial charge in [-0.15, -0.1) is 0 Å². The summed E-state index contributed by atoms with van der Waals surface area (Å²) in [7, 11) is 0. The minimum Gasteiger partial charge on any atom is -0.463 e. The maximum atomic E-state index is 11.4. The molecule has 0 saturated carbocycles. The second-order valence-corrected chi connectivity index (χ2v) is 7.43. The van der Waals surface area contributed by atoms with Crippen LogP contribution in [0.5, 0.6) is 0 Å². The molecule has 7 heteroatoms. The van der Waals surface area contributed by atoms with Crippen molar-refractivity contribution in [2.45, 2.75) is 76.3 Å². The highest BCUT2D eigenvalue weighted by molar-refractivity contribution is 5.69. The molecule has 0 aromatic carbocycles. The first-order valence-corrected chi connectivity index (χ1v) is 11.2. The maximum Gasteiger partial charge on any atom is 0.305 e. The number of aliphatic hydroxyl groups is 5. The highest BCUT2D eigenvalue weighted by Gasteiger charge is 2.07. The first-order valence-electron chi connectivity index (χ1n) is 11.2. The molecule has 0 aliphatic heterocycles. The molecule has 7 nitrogen and oxygen atoms in total. The van der Waals surface area contributed by atoms with Crippen LogP contribution in [-0.2, 0) is 9.53 Å². The number of esters is 1. The molecule has 4 atom stereocenters. The van der Waals surface area contributed by atoms with Crippen LogP contribution in [0.4, 0.5) is 0 Å². The van der Waals surface area contributed by atoms with Crippen molar-refractivity contribution in [3.8, 4) is 0 Å². The summed E-state index contributed by atoms with van der Waals surface area (Å²) in [6.07, 6.45) is 19.0. The Labute approximate surface area is 191 Å². The summed E-state index contributed by atoms with van der Waals surface area (Å²) in [5.74, 6) is -0.403. The van der Waals surface area contributed by atoms with Gasteiger partial charge in [-0.3, -0.25) is 4.79 Å². The van der Waals surface area contributed by atoms with Crippen molar-refractivity contribution in [3.63, 3.8) is 0 Å². The van der Waals surface area contributed by atoms with Crippen molar-refractivity contribution in [1.82, 2.24) is 0 Å². The van der Waals surface area contributed by atoms with Gasteiger partial charge in [-0.2, -0.15) is 0 Å². The van der Waals surface area contributed by atoms with Crippen LogP contribution in [0.2, 0.25) is 0 Å². The summed E-state index contributed by atoms with van der Waals surface area (Å²) < 4.78 is 4.81. The maximum absolute atomic E-state index is 11.4. The lowest BCUT2D eigenvalue weighted by atomic mass is 10.1. The fraction of sp³-hybridized carbons (Fsp3) is 0.560. The number of allylic oxidation sites excluding steroid dienone is 6. The second kappa shape index (κ2) is 20.8. The van der Waals surface area contributed by atoms with Crippen LogP contribution in [-0.4, -0.2) is 69.1 Å². The summed E-state index contributed by atoms with van der Waals surface area (Å²) in [6.45, 7) is 1.27. The van der Waals surface area contributed by atoms with E-state index < -0.39 is 37.0 Å². The minimum absolute atomic E-state index is 0.195. The predicted molar refractivity (Wildman–Crippen MR) is 126 cm³/mol. The number of hydrogen-bond donors (Lipinski definition) is 5. The number of rotatable bonds is 18. The van der Waals surface area contributed by atoms with Crippen LogP contribution in [0.3, 0.4) is 0 Å². The third kappa shape index (κ3) is 19.9. The zero-order valence-corrected chi connectivity index (χ0v) is 19.0. The highest BCUT2D eigenvalue weighted by Crippen LogP contribution is 2.08. The Morgan fingerprint density at radius 2 is 1.44 bits per heavy atom. The molecule has 0 fully saturated rings. The number of unbranched alkanes of at least 4 members (excludes halogenated alkanes) is 2. The summed E-state index contributed by atoms with van der Waals surface area (Å²) >= 11 is 0. The van der Waals surface area contributed by atoms with Crippen molar-refractivity contribution in [2.24, 2.45) is 0 Å². The molecule has 0 rings (SSSR count). The zero-order valence-electron chi connectivity index (χ0n) is 19.0. The third-order valence-corrected chi connectivity index (χ3v) is 4.40. The topological polar surface area (TPSA) is 127 Å². The van der Waals surface area contributed by atoms with E-state index in [2.05, 4.69) is 0 Å². The summed E-state index contributed by atoms with van der Waals surface area (Å²) in [6, 6.07) is 0. The largest absolute Gasteiger partial charge is 0.463 e. The molecule has 0 spiro atoms. The molecule has 0 aliphatic carbocycles. The second-order valence-electron chi connectivity index (χ2n) is 7.43. The fourth-order valence-corrected chi connectivity index (χ4v) is 2.43. The van der Waals surface area contributed by atoms with Crippen LogP contribution in [0, 0.1) is 0 Å². The monoisotopic (exact) mass is 452 g/mol. The molecular formula is C25H40O7. The Hall–Kier alpha value is -2.03. The van der Waals surface area contributed by atoms with Crippen molar-refractivity contribution in [3.05, 3.63) is 60.8 Å². The molecule has 0 amide bonds.